The van der Waals surface area contributed by atoms with Gasteiger partial charge in [-0.15, -0.1) is 48.0 Å². The van der Waals surface area contributed by atoms with Crippen molar-refractivity contribution >= 4 is 46.4 Å². The van der Waals surface area contributed by atoms with E-state index in [0.29, 0.717) is 33.6 Å². The van der Waals surface area contributed by atoms with Crippen molar-refractivity contribution in [3.63, 3.8) is 0 Å². The first-order chi connectivity index (χ1) is 33.3. The summed E-state index contributed by atoms with van der Waals surface area (Å²) in [5.74, 6) is 0.531. The number of nitrogens with zero attached hydrogens (tertiary/aromatic N) is 4. The molecule has 343 valence electrons. The monoisotopic (exact) mass is 1090 g/mol. The molecule has 0 fully saturated rings. The van der Waals surface area contributed by atoms with Crippen LogP contribution in [0, 0.1) is 24.8 Å². The van der Waals surface area contributed by atoms with Crippen molar-refractivity contribution in [1.29, 1.82) is 0 Å². The van der Waals surface area contributed by atoms with Gasteiger partial charge in [-0.2, -0.15) is 0 Å². The van der Waals surface area contributed by atoms with Crippen LogP contribution in [0.15, 0.2) is 144 Å². The molecule has 0 spiro atoms. The van der Waals surface area contributed by atoms with Gasteiger partial charge < -0.3 is 14.0 Å². The molecule has 5 nitrogen and oxygen atoms in total. The van der Waals surface area contributed by atoms with Crippen molar-refractivity contribution in [2.75, 3.05) is 0 Å². The van der Waals surface area contributed by atoms with Crippen LogP contribution in [-0.2, 0) is 25.5 Å². The molecule has 0 aliphatic heterocycles. The summed E-state index contributed by atoms with van der Waals surface area (Å²) < 4.78 is 47.6. The Morgan fingerprint density at radius 1 is 0.765 bits per heavy atom. The van der Waals surface area contributed by atoms with Crippen molar-refractivity contribution in [3.05, 3.63) is 186 Å². The van der Waals surface area contributed by atoms with E-state index >= 15 is 0 Å². The average Bonchev–Trinajstić information content (AvgIpc) is 3.98. The smallest absolute Gasteiger partial charge is 0.140 e. The molecule has 1 aliphatic rings. The molecule has 0 N–H and O–H groups in total. The van der Waals surface area contributed by atoms with Crippen LogP contribution in [0.2, 0.25) is 19.6 Å². The first-order valence-electron chi connectivity index (χ1n) is 24.6. The van der Waals surface area contributed by atoms with Gasteiger partial charge in [-0.05, 0) is 98.2 Å². The SMILES string of the molecule is C[Si](C)(C)c1ccc(-c2[c-]cc(F)cc2)nc1.[2H]C([2H])([2H])c1cccc2nc(-c3[c-]ccc4c3oc3cc5c(nc34)C(C)(C)c3ccccc3-5)n(-c3c(C(C)C)cc(-c4ccccc4)cc3C(C)C)c12.[Ir]. The largest absolute Gasteiger partial charge is 0.499 e. The number of aryl methyl sites for hydroxylation is 1. The maximum atomic E-state index is 12.8. The van der Waals surface area contributed by atoms with Crippen LogP contribution in [0.5, 0.6) is 0 Å². The summed E-state index contributed by atoms with van der Waals surface area (Å²) in [4.78, 5) is 15.0. The second-order valence-corrected chi connectivity index (χ2v) is 24.9. The molecule has 0 unspecified atom stereocenters. The first kappa shape index (κ1) is 43.0. The summed E-state index contributed by atoms with van der Waals surface area (Å²) in [7, 11) is -1.30. The summed E-state index contributed by atoms with van der Waals surface area (Å²) in [5, 5.41) is 2.19. The van der Waals surface area contributed by atoms with E-state index in [-0.39, 0.29) is 48.7 Å². The Morgan fingerprint density at radius 3 is 2.16 bits per heavy atom. The van der Waals surface area contributed by atoms with Gasteiger partial charge in [0, 0.05) is 52.9 Å². The molecule has 6 aromatic carbocycles. The zero-order chi connectivity index (χ0) is 49.4. The molecule has 0 saturated carbocycles. The molecule has 8 heteroatoms. The number of benzene rings is 6. The molecule has 0 bridgehead atoms. The van der Waals surface area contributed by atoms with E-state index in [2.05, 4.69) is 156 Å². The van der Waals surface area contributed by atoms with Crippen LogP contribution in [0.3, 0.4) is 0 Å². The predicted octanol–water partition coefficient (Wildman–Crippen LogP) is 15.5. The minimum absolute atomic E-state index is 0. The van der Waals surface area contributed by atoms with Crippen LogP contribution in [-0.4, -0.2) is 27.6 Å². The van der Waals surface area contributed by atoms with Crippen molar-refractivity contribution in [2.24, 2.45) is 0 Å². The van der Waals surface area contributed by atoms with Crippen LogP contribution in [0.1, 0.15) is 85.4 Å². The first-order valence-corrected chi connectivity index (χ1v) is 26.6. The number of para-hydroxylation sites is 1. The molecule has 10 aromatic rings. The van der Waals surface area contributed by atoms with Gasteiger partial charge in [0.1, 0.15) is 5.58 Å². The van der Waals surface area contributed by atoms with Gasteiger partial charge in [-0.25, -0.2) is 4.98 Å². The van der Waals surface area contributed by atoms with Gasteiger partial charge in [0.15, 0.2) is 0 Å². The minimum atomic E-state index is -2.38. The number of imidazole rings is 1. The van der Waals surface area contributed by atoms with Gasteiger partial charge >= 0.3 is 0 Å². The third-order valence-electron chi connectivity index (χ3n) is 13.2. The molecule has 0 atom stereocenters. The van der Waals surface area contributed by atoms with Gasteiger partial charge in [-0.3, -0.25) is 9.37 Å². The molecule has 0 saturated heterocycles. The van der Waals surface area contributed by atoms with E-state index in [1.165, 1.54) is 28.4 Å². The summed E-state index contributed by atoms with van der Waals surface area (Å²) in [5.41, 5.74) is 15.5. The van der Waals surface area contributed by atoms with Crippen molar-refractivity contribution < 1.29 is 33.0 Å². The number of rotatable bonds is 7. The minimum Gasteiger partial charge on any atom is -0.499 e. The average molecular weight is 1090 g/mol. The standard InChI is InChI=1S/C46H40N3O.C14H15FNSi.Ir/c1-26(2)34-23-30(29-16-9-8-10-17-29)24-35(27(3)4)42(34)49-41-28(5)15-13-22-38(41)47-45(49)33-20-14-19-32-40-39(50-43(32)33)25-36-31-18-11-12-21-37(31)46(6,7)44(36)48-40;1-17(2,3)13-8-9-14(16-10-13)11-4-6-12(15)7-5-11;/h8-19,21-27H,1-7H3;4,6-10H,1-3H3;/q2*-1;/i5D3;;. The number of pyridine rings is 2. The molecular weight excluding hydrogens is 1030 g/mol. The molecule has 11 rings (SSSR count). The van der Waals surface area contributed by atoms with E-state index in [9.17, 15) is 4.39 Å². The van der Waals surface area contributed by atoms with Crippen molar-refractivity contribution in [3.8, 4) is 50.6 Å². The Morgan fingerprint density at radius 2 is 1.50 bits per heavy atom. The molecule has 4 heterocycles. The molecule has 0 amide bonds. The Bertz CT molecular complexity index is 3580. The number of aromatic nitrogens is 4. The molecule has 1 aliphatic carbocycles. The Kier molecular flexibility index (Phi) is 11.4. The maximum absolute atomic E-state index is 12.8. The van der Waals surface area contributed by atoms with Crippen LogP contribution in [0.4, 0.5) is 4.39 Å². The van der Waals surface area contributed by atoms with Crippen LogP contribution < -0.4 is 5.19 Å². The molecular formula is C60H55FIrN4OSi-2. The summed E-state index contributed by atoms with van der Waals surface area (Å²) in [6.07, 6.45) is 1.93. The third kappa shape index (κ3) is 8.16. The fraction of sp³-hybridized carbons (Fsp3) is 0.217. The summed E-state index contributed by atoms with van der Waals surface area (Å²) in [6.45, 7) is 17.7. The Labute approximate surface area is 418 Å². The number of hydrogen-bond acceptors (Lipinski definition) is 4. The normalized spacial score (nSPS) is 13.7. The summed E-state index contributed by atoms with van der Waals surface area (Å²) >= 11 is 0. The van der Waals surface area contributed by atoms with E-state index in [4.69, 9.17) is 18.5 Å². The maximum Gasteiger partial charge on any atom is 0.140 e. The Hall–Kier alpha value is -6.31. The molecule has 68 heavy (non-hydrogen) atoms. The zero-order valence-corrected chi connectivity index (χ0v) is 43.2. The van der Waals surface area contributed by atoms with Crippen molar-refractivity contribution in [1.82, 2.24) is 19.5 Å². The fourth-order valence-electron chi connectivity index (χ4n) is 9.58. The van der Waals surface area contributed by atoms with Gasteiger partial charge in [0.05, 0.1) is 41.7 Å². The second-order valence-electron chi connectivity index (χ2n) is 19.8. The van der Waals surface area contributed by atoms with Gasteiger partial charge in [-0.1, -0.05) is 146 Å². The topological polar surface area (TPSA) is 56.7 Å². The molecule has 4 aromatic heterocycles. The second kappa shape index (κ2) is 18.0. The van der Waals surface area contributed by atoms with E-state index in [0.717, 1.165) is 61.4 Å². The van der Waals surface area contributed by atoms with Crippen LogP contribution in [0.25, 0.3) is 83.7 Å². The van der Waals surface area contributed by atoms with Crippen molar-refractivity contribution in [2.45, 2.75) is 85.3 Å². The molecule has 1 radical (unpaired) electrons. The number of hydrogen-bond donors (Lipinski definition) is 0. The van der Waals surface area contributed by atoms with Gasteiger partial charge in [0.25, 0.3) is 0 Å². The van der Waals surface area contributed by atoms with E-state index in [1.54, 1.807) is 18.2 Å². The number of halogens is 1. The van der Waals surface area contributed by atoms with E-state index in [1.807, 2.05) is 36.5 Å². The predicted molar refractivity (Wildman–Crippen MR) is 278 cm³/mol. The number of furan rings is 1. The zero-order valence-electron chi connectivity index (χ0n) is 42.8. The van der Waals surface area contributed by atoms with Crippen LogP contribution >= 0.6 is 0 Å². The Balaban J connectivity index is 0.000000294. The van der Waals surface area contributed by atoms with Gasteiger partial charge in [0.2, 0.25) is 0 Å². The fourth-order valence-corrected chi connectivity index (χ4v) is 10.6. The quantitative estimate of drug-likeness (QED) is 0.118. The van der Waals surface area contributed by atoms with E-state index < -0.39 is 14.9 Å². The summed E-state index contributed by atoms with van der Waals surface area (Å²) in [6, 6.07) is 49.8. The number of fused-ring (bicyclic) bond motifs is 7. The third-order valence-corrected chi connectivity index (χ3v) is 15.2.